The highest BCUT2D eigenvalue weighted by molar-refractivity contribution is 6.11. The molecule has 12 rings (SSSR count). The summed E-state index contributed by atoms with van der Waals surface area (Å²) in [6.45, 7) is 0. The lowest BCUT2D eigenvalue weighted by molar-refractivity contribution is 1.16. The van der Waals surface area contributed by atoms with Crippen molar-refractivity contribution >= 4 is 73.0 Å². The predicted octanol–water partition coefficient (Wildman–Crippen LogP) is 18.5. The van der Waals surface area contributed by atoms with Crippen LogP contribution in [0, 0.1) is 0 Å². The molecule has 0 saturated heterocycles. The van der Waals surface area contributed by atoms with E-state index in [9.17, 15) is 0 Å². The number of nitrogens with zero attached hydrogens (tertiary/aromatic N) is 4. The molecule has 1 aromatic heterocycles. The minimum Gasteiger partial charge on any atom is -0.310 e. The third-order valence-electron chi connectivity index (χ3n) is 13.1. The third-order valence-corrected chi connectivity index (χ3v) is 13.1. The van der Waals surface area contributed by atoms with E-state index in [-0.39, 0.29) is 0 Å². The third kappa shape index (κ3) is 8.14. The lowest BCUT2D eigenvalue weighted by Gasteiger charge is -2.30. The van der Waals surface area contributed by atoms with E-state index in [0.29, 0.717) is 0 Å². The van der Waals surface area contributed by atoms with Gasteiger partial charge in [-0.2, -0.15) is 0 Å². The van der Waals surface area contributed by atoms with Crippen LogP contribution in [0.4, 0.5) is 51.2 Å². The van der Waals surface area contributed by atoms with Crippen LogP contribution in [0.1, 0.15) is 0 Å². The molecule has 0 atom stereocenters. The number of hydrogen-bond donors (Lipinski definition) is 0. The first-order chi connectivity index (χ1) is 34.7. The van der Waals surface area contributed by atoms with Crippen LogP contribution in [0.15, 0.2) is 291 Å². The van der Waals surface area contributed by atoms with Crippen LogP contribution in [0.5, 0.6) is 0 Å². The van der Waals surface area contributed by atoms with Gasteiger partial charge >= 0.3 is 0 Å². The van der Waals surface area contributed by atoms with Gasteiger partial charge in [-0.15, -0.1) is 0 Å². The molecule has 0 aliphatic heterocycles. The maximum atomic E-state index is 2.44. The molecule has 4 nitrogen and oxygen atoms in total. The fourth-order valence-electron chi connectivity index (χ4n) is 9.86. The summed E-state index contributed by atoms with van der Waals surface area (Å²) in [7, 11) is 0. The van der Waals surface area contributed by atoms with Gasteiger partial charge in [0.2, 0.25) is 0 Å². The van der Waals surface area contributed by atoms with Crippen LogP contribution in [0.25, 0.3) is 49.7 Å². The average Bonchev–Trinajstić information content (AvgIpc) is 3.77. The molecule has 0 spiro atoms. The molecule has 0 amide bonds. The highest BCUT2D eigenvalue weighted by Gasteiger charge is 2.23. The van der Waals surface area contributed by atoms with E-state index in [2.05, 4.69) is 310 Å². The van der Waals surface area contributed by atoms with Crippen molar-refractivity contribution in [3.05, 3.63) is 291 Å². The van der Waals surface area contributed by atoms with Gasteiger partial charge in [0.1, 0.15) is 0 Å². The van der Waals surface area contributed by atoms with Gasteiger partial charge in [-0.1, -0.05) is 176 Å². The minimum absolute atomic E-state index is 1.02. The van der Waals surface area contributed by atoms with E-state index in [1.54, 1.807) is 0 Å². The van der Waals surface area contributed by atoms with Crippen molar-refractivity contribution in [1.29, 1.82) is 0 Å². The van der Waals surface area contributed by atoms with Crippen LogP contribution in [-0.2, 0) is 0 Å². The van der Waals surface area contributed by atoms with E-state index in [1.807, 2.05) is 0 Å². The van der Waals surface area contributed by atoms with Crippen LogP contribution in [0.3, 0.4) is 0 Å². The predicted molar refractivity (Wildman–Crippen MR) is 296 cm³/mol. The second-order valence-electron chi connectivity index (χ2n) is 17.4. The molecule has 1 heterocycles. The molecule has 0 aliphatic carbocycles. The first-order valence-electron chi connectivity index (χ1n) is 23.8. The zero-order valence-corrected chi connectivity index (χ0v) is 38.5. The Labute approximate surface area is 409 Å². The second-order valence-corrected chi connectivity index (χ2v) is 17.4. The van der Waals surface area contributed by atoms with Crippen molar-refractivity contribution in [3.63, 3.8) is 0 Å². The normalized spacial score (nSPS) is 11.1. The van der Waals surface area contributed by atoms with Gasteiger partial charge in [0.25, 0.3) is 0 Å². The fraction of sp³-hybridized carbons (Fsp3) is 0. The Balaban J connectivity index is 1.10. The summed E-state index contributed by atoms with van der Waals surface area (Å²) in [6.07, 6.45) is 0. The van der Waals surface area contributed by atoms with Crippen molar-refractivity contribution in [2.75, 3.05) is 14.7 Å². The summed E-state index contributed by atoms with van der Waals surface area (Å²) in [5.74, 6) is 0. The lowest BCUT2D eigenvalue weighted by atomic mass is 10.0. The maximum absolute atomic E-state index is 2.44. The number of rotatable bonds is 12. The average molecular weight is 897 g/mol. The Bertz CT molecular complexity index is 3510. The van der Waals surface area contributed by atoms with Crippen molar-refractivity contribution in [1.82, 2.24) is 4.57 Å². The lowest BCUT2D eigenvalue weighted by Crippen LogP contribution is -2.14. The standard InChI is InChI=1S/C66H48N4/c1-7-21-49(22-8-1)51-35-39-57(40-36-51)69(58-41-37-52(38-42-58)50-23-9-2-10-24-50)61-45-60(68(55-29-15-5-16-30-55)56-31-17-6-18-32-56)46-62(47-61)70-65-34-20-19-33-63(65)64-48-59(43-44-66(64)70)67(53-25-11-3-12-26-53)54-27-13-4-14-28-54/h1-48H. The molecule has 0 radical (unpaired) electrons. The van der Waals surface area contributed by atoms with Crippen LogP contribution in [-0.4, -0.2) is 4.57 Å². The molecule has 12 aromatic rings. The van der Waals surface area contributed by atoms with Gasteiger partial charge in [-0.25, -0.2) is 0 Å². The summed E-state index contributed by atoms with van der Waals surface area (Å²) >= 11 is 0. The van der Waals surface area contributed by atoms with Crippen molar-refractivity contribution < 1.29 is 0 Å². The monoisotopic (exact) mass is 896 g/mol. The van der Waals surface area contributed by atoms with Crippen LogP contribution < -0.4 is 14.7 Å². The van der Waals surface area contributed by atoms with E-state index in [1.165, 1.54) is 33.0 Å². The van der Waals surface area contributed by atoms with Crippen molar-refractivity contribution in [2.24, 2.45) is 0 Å². The SMILES string of the molecule is c1ccc(-c2ccc(N(c3ccc(-c4ccccc4)cc3)c3cc(N(c4ccccc4)c4ccccc4)cc(-n4c5ccccc5c5cc(N(c6ccccc6)c6ccccc6)ccc54)c3)cc2)cc1. The quantitative estimate of drug-likeness (QED) is 0.121. The number of hydrogen-bond acceptors (Lipinski definition) is 3. The molecule has 0 unspecified atom stereocenters. The molecule has 0 bridgehead atoms. The van der Waals surface area contributed by atoms with Gasteiger partial charge in [0.05, 0.1) is 28.1 Å². The first-order valence-corrected chi connectivity index (χ1v) is 23.8. The molecular weight excluding hydrogens is 849 g/mol. The number of para-hydroxylation sites is 5. The molecular formula is C66H48N4. The Morgan fingerprint density at radius 2 is 0.514 bits per heavy atom. The molecule has 0 aliphatic rings. The number of fused-ring (bicyclic) bond motifs is 3. The number of benzene rings is 11. The Morgan fingerprint density at radius 1 is 0.200 bits per heavy atom. The Hall–Kier alpha value is -9.38. The molecule has 0 N–H and O–H groups in total. The van der Waals surface area contributed by atoms with Crippen LogP contribution in [0.2, 0.25) is 0 Å². The van der Waals surface area contributed by atoms with E-state index < -0.39 is 0 Å². The van der Waals surface area contributed by atoms with Gasteiger partial charge in [-0.05, 0) is 138 Å². The maximum Gasteiger partial charge on any atom is 0.0542 e. The summed E-state index contributed by atoms with van der Waals surface area (Å²) in [4.78, 5) is 7.10. The van der Waals surface area contributed by atoms with E-state index in [4.69, 9.17) is 0 Å². The van der Waals surface area contributed by atoms with Gasteiger partial charge < -0.3 is 19.3 Å². The van der Waals surface area contributed by atoms with Crippen molar-refractivity contribution in [3.8, 4) is 27.9 Å². The fourth-order valence-corrected chi connectivity index (χ4v) is 9.86. The minimum atomic E-state index is 1.02. The number of anilines is 9. The zero-order chi connectivity index (χ0) is 46.6. The topological polar surface area (TPSA) is 14.7 Å². The molecule has 0 fully saturated rings. The highest BCUT2D eigenvalue weighted by atomic mass is 15.2. The molecule has 0 saturated carbocycles. The van der Waals surface area contributed by atoms with Gasteiger partial charge in [-0.3, -0.25) is 0 Å². The van der Waals surface area contributed by atoms with E-state index in [0.717, 1.165) is 67.9 Å². The number of aromatic nitrogens is 1. The second kappa shape index (κ2) is 18.7. The molecule has 70 heavy (non-hydrogen) atoms. The highest BCUT2D eigenvalue weighted by Crippen LogP contribution is 2.45. The Kier molecular flexibility index (Phi) is 11.2. The molecule has 4 heteroatoms. The molecule has 332 valence electrons. The zero-order valence-electron chi connectivity index (χ0n) is 38.5. The van der Waals surface area contributed by atoms with E-state index >= 15 is 0 Å². The summed E-state index contributed by atoms with van der Waals surface area (Å²) in [6, 6.07) is 105. The smallest absolute Gasteiger partial charge is 0.0542 e. The summed E-state index contributed by atoms with van der Waals surface area (Å²) in [5.41, 5.74) is 17.6. The largest absolute Gasteiger partial charge is 0.310 e. The molecule has 11 aromatic carbocycles. The van der Waals surface area contributed by atoms with Crippen molar-refractivity contribution in [2.45, 2.75) is 0 Å². The van der Waals surface area contributed by atoms with Crippen LogP contribution >= 0.6 is 0 Å². The summed E-state index contributed by atoms with van der Waals surface area (Å²) in [5, 5.41) is 2.35. The Morgan fingerprint density at radius 3 is 0.943 bits per heavy atom. The first kappa shape index (κ1) is 42.0. The van der Waals surface area contributed by atoms with Gasteiger partial charge in [0, 0.05) is 50.6 Å². The summed E-state index contributed by atoms with van der Waals surface area (Å²) < 4.78 is 2.44. The van der Waals surface area contributed by atoms with Gasteiger partial charge in [0.15, 0.2) is 0 Å².